The largest absolute Gasteiger partial charge is 0.384 e. The highest BCUT2D eigenvalue weighted by Crippen LogP contribution is 2.18. The first-order valence-electron chi connectivity index (χ1n) is 5.02. The second kappa shape index (κ2) is 5.69. The fourth-order valence-corrected chi connectivity index (χ4v) is 1.93. The lowest BCUT2D eigenvalue weighted by atomic mass is 10.2. The summed E-state index contributed by atoms with van der Waals surface area (Å²) in [5, 5.41) is 10.5. The Labute approximate surface area is 99.7 Å². The highest BCUT2D eigenvalue weighted by atomic mass is 32.1. The summed E-state index contributed by atoms with van der Waals surface area (Å²) in [7, 11) is 1.77. The summed E-state index contributed by atoms with van der Waals surface area (Å²) in [5.74, 6) is 5.32. The second-order valence-corrected chi connectivity index (χ2v) is 4.55. The Morgan fingerprint density at radius 1 is 1.62 bits per heavy atom. The van der Waals surface area contributed by atoms with Crippen molar-refractivity contribution in [3.63, 3.8) is 0 Å². The van der Waals surface area contributed by atoms with E-state index in [1.165, 1.54) is 11.3 Å². The fourth-order valence-electron chi connectivity index (χ4n) is 1.10. The zero-order valence-electron chi connectivity index (χ0n) is 9.65. The van der Waals surface area contributed by atoms with Crippen LogP contribution >= 0.6 is 11.3 Å². The molecule has 1 N–H and O–H groups in total. The van der Waals surface area contributed by atoms with E-state index in [-0.39, 0.29) is 18.6 Å². The molecule has 1 aromatic heterocycles. The maximum absolute atomic E-state index is 12.0. The minimum Gasteiger partial charge on any atom is -0.384 e. The molecular formula is C12H15NO2S. The lowest BCUT2D eigenvalue weighted by Gasteiger charge is -2.20. The average Bonchev–Trinajstić information content (AvgIpc) is 2.72. The number of hydrogen-bond acceptors (Lipinski definition) is 3. The molecule has 0 aliphatic heterocycles. The van der Waals surface area contributed by atoms with E-state index in [9.17, 15) is 4.79 Å². The van der Waals surface area contributed by atoms with Crippen molar-refractivity contribution in [3.05, 3.63) is 21.9 Å². The Bertz CT molecular complexity index is 426. The Morgan fingerprint density at radius 2 is 2.31 bits per heavy atom. The van der Waals surface area contributed by atoms with Crippen LogP contribution in [0.3, 0.4) is 0 Å². The molecule has 4 heteroatoms. The summed E-state index contributed by atoms with van der Waals surface area (Å²) in [6.45, 7) is 3.73. The van der Waals surface area contributed by atoms with Crippen molar-refractivity contribution < 1.29 is 9.90 Å². The standard InChI is InChI=1S/C12H15NO2S/c1-9(2)13(3)12(15)11-10(5-4-7-14)6-8-16-11/h6,8-9,14H,7H2,1-3H3. The van der Waals surface area contributed by atoms with Crippen molar-refractivity contribution in [1.29, 1.82) is 0 Å². The summed E-state index contributed by atoms with van der Waals surface area (Å²) < 4.78 is 0. The van der Waals surface area contributed by atoms with Gasteiger partial charge in [0, 0.05) is 18.7 Å². The number of carbonyl (C=O) groups excluding carboxylic acids is 1. The number of amides is 1. The van der Waals surface area contributed by atoms with Crippen LogP contribution in [0.2, 0.25) is 0 Å². The fraction of sp³-hybridized carbons (Fsp3) is 0.417. The molecule has 0 saturated heterocycles. The van der Waals surface area contributed by atoms with Crippen LogP contribution in [-0.2, 0) is 0 Å². The summed E-state index contributed by atoms with van der Waals surface area (Å²) in [4.78, 5) is 14.4. The molecule has 0 saturated carbocycles. The van der Waals surface area contributed by atoms with Crippen molar-refractivity contribution in [1.82, 2.24) is 4.90 Å². The van der Waals surface area contributed by atoms with E-state index in [1.54, 1.807) is 18.0 Å². The van der Waals surface area contributed by atoms with Gasteiger partial charge < -0.3 is 10.0 Å². The van der Waals surface area contributed by atoms with Gasteiger partial charge in [0.05, 0.1) is 0 Å². The Hall–Kier alpha value is -1.31. The molecule has 1 amide bonds. The minimum atomic E-state index is -0.191. The number of aliphatic hydroxyl groups is 1. The Morgan fingerprint density at radius 3 is 2.88 bits per heavy atom. The van der Waals surface area contributed by atoms with Gasteiger partial charge >= 0.3 is 0 Å². The maximum Gasteiger partial charge on any atom is 0.265 e. The molecule has 1 aromatic rings. The van der Waals surface area contributed by atoms with Crippen LogP contribution in [0.15, 0.2) is 11.4 Å². The normalized spacial score (nSPS) is 9.81. The van der Waals surface area contributed by atoms with Gasteiger partial charge in [-0.25, -0.2) is 0 Å². The van der Waals surface area contributed by atoms with Crippen molar-refractivity contribution in [2.45, 2.75) is 19.9 Å². The van der Waals surface area contributed by atoms with Crippen molar-refractivity contribution in [2.24, 2.45) is 0 Å². The smallest absolute Gasteiger partial charge is 0.265 e. The van der Waals surface area contributed by atoms with Crippen LogP contribution in [-0.4, -0.2) is 35.6 Å². The van der Waals surface area contributed by atoms with Gasteiger partial charge in [-0.3, -0.25) is 4.79 Å². The summed E-state index contributed by atoms with van der Waals surface area (Å²) in [6.07, 6.45) is 0. The van der Waals surface area contributed by atoms with Crippen molar-refractivity contribution >= 4 is 17.2 Å². The third-order valence-electron chi connectivity index (χ3n) is 2.26. The van der Waals surface area contributed by atoms with Crippen LogP contribution in [0.5, 0.6) is 0 Å². The van der Waals surface area contributed by atoms with Gasteiger partial charge in [-0.05, 0) is 25.3 Å². The van der Waals surface area contributed by atoms with Crippen molar-refractivity contribution in [3.8, 4) is 11.8 Å². The monoisotopic (exact) mass is 237 g/mol. The zero-order valence-corrected chi connectivity index (χ0v) is 10.5. The highest BCUT2D eigenvalue weighted by Gasteiger charge is 2.18. The van der Waals surface area contributed by atoms with Gasteiger partial charge in [-0.1, -0.05) is 11.8 Å². The molecule has 0 fully saturated rings. The van der Waals surface area contributed by atoms with E-state index in [0.717, 1.165) is 0 Å². The molecule has 0 spiro atoms. The molecule has 1 rings (SSSR count). The molecule has 0 aromatic carbocycles. The molecule has 3 nitrogen and oxygen atoms in total. The van der Waals surface area contributed by atoms with E-state index in [0.29, 0.717) is 10.4 Å². The van der Waals surface area contributed by atoms with E-state index in [4.69, 9.17) is 5.11 Å². The molecule has 0 bridgehead atoms. The predicted molar refractivity (Wildman–Crippen MR) is 65.5 cm³/mol. The predicted octanol–water partition coefficient (Wildman–Crippen LogP) is 1.57. The molecular weight excluding hydrogens is 222 g/mol. The minimum absolute atomic E-state index is 0.0211. The summed E-state index contributed by atoms with van der Waals surface area (Å²) in [6, 6.07) is 1.96. The van der Waals surface area contributed by atoms with Gasteiger partial charge in [0.2, 0.25) is 0 Å². The third-order valence-corrected chi connectivity index (χ3v) is 3.16. The number of hydrogen-bond donors (Lipinski definition) is 1. The van der Waals surface area contributed by atoms with Crippen LogP contribution < -0.4 is 0 Å². The van der Waals surface area contributed by atoms with Gasteiger partial charge in [-0.2, -0.15) is 0 Å². The summed E-state index contributed by atoms with van der Waals surface area (Å²) in [5.41, 5.74) is 0.691. The van der Waals surface area contributed by atoms with Crippen LogP contribution in [0.25, 0.3) is 0 Å². The molecule has 86 valence electrons. The van der Waals surface area contributed by atoms with Gasteiger partial charge in [0.1, 0.15) is 11.5 Å². The van der Waals surface area contributed by atoms with Crippen LogP contribution in [0.1, 0.15) is 29.1 Å². The second-order valence-electron chi connectivity index (χ2n) is 3.63. The van der Waals surface area contributed by atoms with E-state index >= 15 is 0 Å². The molecule has 0 radical (unpaired) electrons. The Balaban J connectivity index is 2.96. The van der Waals surface area contributed by atoms with Gasteiger partial charge in [0.25, 0.3) is 5.91 Å². The number of carbonyl (C=O) groups is 1. The Kier molecular flexibility index (Phi) is 4.53. The quantitative estimate of drug-likeness (QED) is 0.793. The first-order valence-corrected chi connectivity index (χ1v) is 5.90. The van der Waals surface area contributed by atoms with Crippen molar-refractivity contribution in [2.75, 3.05) is 13.7 Å². The maximum atomic E-state index is 12.0. The van der Waals surface area contributed by atoms with E-state index < -0.39 is 0 Å². The van der Waals surface area contributed by atoms with E-state index in [1.807, 2.05) is 19.2 Å². The SMILES string of the molecule is CC(C)N(C)C(=O)c1sccc1C#CCO. The number of aliphatic hydroxyl groups excluding tert-OH is 1. The average molecular weight is 237 g/mol. The highest BCUT2D eigenvalue weighted by molar-refractivity contribution is 7.12. The molecule has 0 atom stereocenters. The molecule has 0 aliphatic carbocycles. The van der Waals surface area contributed by atoms with Gasteiger partial charge in [0.15, 0.2) is 0 Å². The number of rotatable bonds is 2. The van der Waals surface area contributed by atoms with Crippen LogP contribution in [0, 0.1) is 11.8 Å². The molecule has 0 aliphatic rings. The lowest BCUT2D eigenvalue weighted by Crippen LogP contribution is -2.32. The molecule has 16 heavy (non-hydrogen) atoms. The van der Waals surface area contributed by atoms with E-state index in [2.05, 4.69) is 11.8 Å². The zero-order chi connectivity index (χ0) is 12.1. The summed E-state index contributed by atoms with van der Waals surface area (Å²) >= 11 is 1.38. The lowest BCUT2D eigenvalue weighted by molar-refractivity contribution is 0.0759. The third kappa shape index (κ3) is 2.84. The van der Waals surface area contributed by atoms with Crippen LogP contribution in [0.4, 0.5) is 0 Å². The topological polar surface area (TPSA) is 40.5 Å². The first kappa shape index (κ1) is 12.8. The molecule has 0 unspecified atom stereocenters. The van der Waals surface area contributed by atoms with Gasteiger partial charge in [-0.15, -0.1) is 11.3 Å². The first-order chi connectivity index (χ1) is 7.57. The molecule has 1 heterocycles. The number of thiophene rings is 1. The number of nitrogens with zero attached hydrogens (tertiary/aromatic N) is 1.